The van der Waals surface area contributed by atoms with Gasteiger partial charge in [0.25, 0.3) is 0 Å². The van der Waals surface area contributed by atoms with Gasteiger partial charge in [0.15, 0.2) is 0 Å². The van der Waals surface area contributed by atoms with Gasteiger partial charge in [-0.05, 0) is 25.0 Å². The van der Waals surface area contributed by atoms with Gasteiger partial charge in [-0.1, -0.05) is 18.2 Å². The number of aryl methyl sites for hydroxylation is 2. The van der Waals surface area contributed by atoms with Gasteiger partial charge in [0.05, 0.1) is 0 Å². The standard InChI is InChI=1S/C10H13NO.C4H10N2/c1-7-5-4-6-8(2)10(7)11-9(3)12;1-2-6-4-3-5-1/h4-6H,1-3H3,(H,11,12);5-6H,1-4H2. The summed E-state index contributed by atoms with van der Waals surface area (Å²) >= 11 is 0. The van der Waals surface area contributed by atoms with E-state index >= 15 is 0 Å². The zero-order valence-corrected chi connectivity index (χ0v) is 11.5. The lowest BCUT2D eigenvalue weighted by Gasteiger charge is -2.11. The zero-order chi connectivity index (χ0) is 13.4. The molecule has 4 nitrogen and oxygen atoms in total. The van der Waals surface area contributed by atoms with E-state index in [9.17, 15) is 4.79 Å². The monoisotopic (exact) mass is 249 g/mol. The molecule has 0 bridgehead atoms. The van der Waals surface area contributed by atoms with Gasteiger partial charge in [-0.25, -0.2) is 0 Å². The van der Waals surface area contributed by atoms with Crippen LogP contribution in [0.5, 0.6) is 0 Å². The lowest BCUT2D eigenvalue weighted by Crippen LogP contribution is -2.39. The van der Waals surface area contributed by atoms with E-state index in [0.717, 1.165) is 43.0 Å². The van der Waals surface area contributed by atoms with E-state index < -0.39 is 0 Å². The summed E-state index contributed by atoms with van der Waals surface area (Å²) in [6.45, 7) is 10.0. The number of para-hydroxylation sites is 1. The molecule has 1 aromatic rings. The largest absolute Gasteiger partial charge is 0.326 e. The molecule has 0 radical (unpaired) electrons. The average molecular weight is 249 g/mol. The van der Waals surface area contributed by atoms with Gasteiger partial charge in [-0.2, -0.15) is 0 Å². The number of nitrogens with one attached hydrogen (secondary N) is 3. The number of rotatable bonds is 1. The third-order valence-electron chi connectivity index (χ3n) is 2.74. The molecule has 3 N–H and O–H groups in total. The van der Waals surface area contributed by atoms with Crippen LogP contribution in [0.2, 0.25) is 0 Å². The molecule has 0 aromatic heterocycles. The van der Waals surface area contributed by atoms with Crippen LogP contribution >= 0.6 is 0 Å². The first-order valence-electron chi connectivity index (χ1n) is 6.36. The molecule has 0 spiro atoms. The van der Waals surface area contributed by atoms with Crippen molar-refractivity contribution in [2.24, 2.45) is 0 Å². The predicted molar refractivity (Wildman–Crippen MR) is 76.0 cm³/mol. The normalized spacial score (nSPS) is 14.4. The summed E-state index contributed by atoms with van der Waals surface area (Å²) in [5.41, 5.74) is 3.14. The van der Waals surface area contributed by atoms with Crippen LogP contribution in [0, 0.1) is 13.8 Å². The fraction of sp³-hybridized carbons (Fsp3) is 0.500. The molecule has 0 unspecified atom stereocenters. The minimum absolute atomic E-state index is 0.0209. The molecule has 100 valence electrons. The number of anilines is 1. The number of hydrogen-bond acceptors (Lipinski definition) is 3. The summed E-state index contributed by atoms with van der Waals surface area (Å²) in [7, 11) is 0. The summed E-state index contributed by atoms with van der Waals surface area (Å²) in [5.74, 6) is -0.0209. The zero-order valence-electron chi connectivity index (χ0n) is 11.5. The minimum atomic E-state index is -0.0209. The Balaban J connectivity index is 0.000000225. The summed E-state index contributed by atoms with van der Waals surface area (Å²) in [4.78, 5) is 10.8. The fourth-order valence-electron chi connectivity index (χ4n) is 1.79. The van der Waals surface area contributed by atoms with E-state index in [1.807, 2.05) is 32.0 Å². The van der Waals surface area contributed by atoms with Crippen molar-refractivity contribution in [3.63, 3.8) is 0 Å². The van der Waals surface area contributed by atoms with E-state index in [1.54, 1.807) is 0 Å². The average Bonchev–Trinajstić information content (AvgIpc) is 2.37. The van der Waals surface area contributed by atoms with E-state index in [2.05, 4.69) is 16.0 Å². The van der Waals surface area contributed by atoms with Gasteiger partial charge >= 0.3 is 0 Å². The maximum atomic E-state index is 10.8. The van der Waals surface area contributed by atoms with Gasteiger partial charge in [-0.15, -0.1) is 0 Å². The van der Waals surface area contributed by atoms with Crippen molar-refractivity contribution in [2.75, 3.05) is 31.5 Å². The molecule has 0 atom stereocenters. The summed E-state index contributed by atoms with van der Waals surface area (Å²) in [5, 5.41) is 9.25. The molecule has 0 aliphatic carbocycles. The Labute approximate surface area is 109 Å². The Bertz CT molecular complexity index is 355. The molecular weight excluding hydrogens is 226 g/mol. The molecule has 1 aliphatic heterocycles. The number of piperazine rings is 1. The van der Waals surface area contributed by atoms with Crippen molar-refractivity contribution in [1.82, 2.24) is 10.6 Å². The Morgan fingerprint density at radius 2 is 1.50 bits per heavy atom. The van der Waals surface area contributed by atoms with E-state index in [0.29, 0.717) is 0 Å². The van der Waals surface area contributed by atoms with Crippen LogP contribution in [0.25, 0.3) is 0 Å². The van der Waals surface area contributed by atoms with E-state index in [1.165, 1.54) is 6.92 Å². The SMILES string of the molecule is C1CNCCN1.CC(=O)Nc1c(C)cccc1C. The van der Waals surface area contributed by atoms with E-state index in [-0.39, 0.29) is 5.91 Å². The van der Waals surface area contributed by atoms with Crippen LogP contribution < -0.4 is 16.0 Å². The predicted octanol–water partition coefficient (Wildman–Crippen LogP) is 1.44. The summed E-state index contributed by atoms with van der Waals surface area (Å²) in [6, 6.07) is 5.95. The molecule has 1 saturated heterocycles. The van der Waals surface area contributed by atoms with Crippen LogP contribution in [0.4, 0.5) is 5.69 Å². The molecule has 4 heteroatoms. The Hall–Kier alpha value is -1.39. The molecule has 1 amide bonds. The first-order chi connectivity index (χ1) is 8.61. The number of carbonyl (C=O) groups is 1. The van der Waals surface area contributed by atoms with Crippen LogP contribution in [0.1, 0.15) is 18.1 Å². The highest BCUT2D eigenvalue weighted by Crippen LogP contribution is 2.18. The van der Waals surface area contributed by atoms with Crippen molar-refractivity contribution >= 4 is 11.6 Å². The lowest BCUT2D eigenvalue weighted by molar-refractivity contribution is -0.114. The van der Waals surface area contributed by atoms with Gasteiger partial charge in [0, 0.05) is 38.8 Å². The van der Waals surface area contributed by atoms with Gasteiger partial charge in [-0.3, -0.25) is 4.79 Å². The van der Waals surface area contributed by atoms with Crippen molar-refractivity contribution in [3.05, 3.63) is 29.3 Å². The van der Waals surface area contributed by atoms with Crippen LogP contribution in [0.3, 0.4) is 0 Å². The second-order valence-electron chi connectivity index (χ2n) is 4.45. The van der Waals surface area contributed by atoms with E-state index in [4.69, 9.17) is 0 Å². The van der Waals surface area contributed by atoms with Crippen LogP contribution in [-0.4, -0.2) is 32.1 Å². The number of amides is 1. The van der Waals surface area contributed by atoms with Gasteiger partial charge in [0.1, 0.15) is 0 Å². The fourth-order valence-corrected chi connectivity index (χ4v) is 1.79. The second-order valence-corrected chi connectivity index (χ2v) is 4.45. The molecule has 1 aromatic carbocycles. The highest BCUT2D eigenvalue weighted by atomic mass is 16.1. The number of carbonyl (C=O) groups excluding carboxylic acids is 1. The molecule has 0 saturated carbocycles. The maximum Gasteiger partial charge on any atom is 0.221 e. The number of benzene rings is 1. The summed E-state index contributed by atoms with van der Waals surface area (Å²) in [6.07, 6.45) is 0. The topological polar surface area (TPSA) is 53.2 Å². The Kier molecular flexibility index (Phi) is 6.39. The quantitative estimate of drug-likeness (QED) is 0.706. The Morgan fingerprint density at radius 3 is 1.83 bits per heavy atom. The highest BCUT2D eigenvalue weighted by molar-refractivity contribution is 5.90. The minimum Gasteiger partial charge on any atom is -0.326 e. The maximum absolute atomic E-state index is 10.8. The van der Waals surface area contributed by atoms with Crippen LogP contribution in [-0.2, 0) is 4.79 Å². The van der Waals surface area contributed by atoms with Crippen molar-refractivity contribution in [2.45, 2.75) is 20.8 Å². The lowest BCUT2D eigenvalue weighted by atomic mass is 10.1. The second kappa shape index (κ2) is 7.84. The van der Waals surface area contributed by atoms with Crippen molar-refractivity contribution < 1.29 is 4.79 Å². The molecule has 1 aliphatic rings. The summed E-state index contributed by atoms with van der Waals surface area (Å²) < 4.78 is 0. The smallest absolute Gasteiger partial charge is 0.221 e. The highest BCUT2D eigenvalue weighted by Gasteiger charge is 2.01. The molecular formula is C14H23N3O. The molecule has 1 fully saturated rings. The van der Waals surface area contributed by atoms with Gasteiger partial charge in [0.2, 0.25) is 5.91 Å². The molecule has 2 rings (SSSR count). The molecule has 18 heavy (non-hydrogen) atoms. The van der Waals surface area contributed by atoms with Crippen molar-refractivity contribution in [3.8, 4) is 0 Å². The Morgan fingerprint density at radius 1 is 1.06 bits per heavy atom. The molecule has 1 heterocycles. The first kappa shape index (κ1) is 14.7. The third-order valence-corrected chi connectivity index (χ3v) is 2.74. The van der Waals surface area contributed by atoms with Crippen molar-refractivity contribution in [1.29, 1.82) is 0 Å². The number of hydrogen-bond donors (Lipinski definition) is 3. The van der Waals surface area contributed by atoms with Gasteiger partial charge < -0.3 is 16.0 Å². The first-order valence-corrected chi connectivity index (χ1v) is 6.36. The third kappa shape index (κ3) is 5.29. The van der Waals surface area contributed by atoms with Crippen LogP contribution in [0.15, 0.2) is 18.2 Å².